The van der Waals surface area contributed by atoms with Crippen LogP contribution in [0.3, 0.4) is 0 Å². The maximum Gasteiger partial charge on any atom is 0.255 e. The van der Waals surface area contributed by atoms with Gasteiger partial charge in [0.25, 0.3) is 5.91 Å². The number of nitrogens with zero attached hydrogens (tertiary/aromatic N) is 1. The van der Waals surface area contributed by atoms with Crippen molar-refractivity contribution in [2.75, 3.05) is 18.9 Å². The number of anilines is 1. The molecule has 0 aliphatic heterocycles. The predicted molar refractivity (Wildman–Crippen MR) is 88.3 cm³/mol. The monoisotopic (exact) mass is 322 g/mol. The van der Waals surface area contributed by atoms with Crippen molar-refractivity contribution in [3.05, 3.63) is 23.9 Å². The van der Waals surface area contributed by atoms with E-state index in [0.29, 0.717) is 17.9 Å². The summed E-state index contributed by atoms with van der Waals surface area (Å²) in [6, 6.07) is 4.02. The Morgan fingerprint density at radius 1 is 1.30 bits per heavy atom. The molecule has 1 unspecified atom stereocenters. The Kier molecular flexibility index (Phi) is 11.4. The number of carbonyl (C=O) groups excluding carboxylic acids is 1. The maximum atomic E-state index is 12.0. The van der Waals surface area contributed by atoms with E-state index in [1.54, 1.807) is 18.3 Å². The molecule has 0 aliphatic carbocycles. The number of hydrogen-bond donors (Lipinski definition) is 3. The molecule has 0 saturated heterocycles. The number of hydrogen-bond acceptors (Lipinski definition) is 4. The van der Waals surface area contributed by atoms with Crippen LogP contribution < -0.4 is 16.0 Å². The summed E-state index contributed by atoms with van der Waals surface area (Å²) < 4.78 is 0. The Morgan fingerprint density at radius 2 is 1.95 bits per heavy atom. The zero-order valence-corrected chi connectivity index (χ0v) is 13.9. The van der Waals surface area contributed by atoms with Gasteiger partial charge >= 0.3 is 0 Å². The molecule has 0 aliphatic rings. The van der Waals surface area contributed by atoms with E-state index in [0.717, 1.165) is 0 Å². The smallest absolute Gasteiger partial charge is 0.255 e. The molecular formula is C13H24Cl2N4O. The average Bonchev–Trinajstić information content (AvgIpc) is 2.35. The lowest BCUT2D eigenvalue weighted by Gasteiger charge is -2.15. The van der Waals surface area contributed by atoms with Crippen LogP contribution in [0.15, 0.2) is 18.3 Å². The van der Waals surface area contributed by atoms with E-state index in [-0.39, 0.29) is 42.8 Å². The van der Waals surface area contributed by atoms with E-state index < -0.39 is 0 Å². The van der Waals surface area contributed by atoms with Gasteiger partial charge in [-0.05, 0) is 40.0 Å². The zero-order valence-electron chi connectivity index (χ0n) is 12.3. The second-order valence-electron chi connectivity index (χ2n) is 4.60. The van der Waals surface area contributed by atoms with Crippen LogP contribution in [0.4, 0.5) is 5.82 Å². The Morgan fingerprint density at radius 3 is 2.50 bits per heavy atom. The number of nitrogens with one attached hydrogen (secondary N) is 3. The minimum Gasteiger partial charge on any atom is -0.367 e. The van der Waals surface area contributed by atoms with Gasteiger partial charge in [0.2, 0.25) is 0 Å². The minimum absolute atomic E-state index is 0. The van der Waals surface area contributed by atoms with Gasteiger partial charge in [0.1, 0.15) is 5.82 Å². The molecule has 116 valence electrons. The van der Waals surface area contributed by atoms with Crippen molar-refractivity contribution in [2.24, 2.45) is 0 Å². The lowest BCUT2D eigenvalue weighted by Crippen LogP contribution is -2.37. The van der Waals surface area contributed by atoms with Crippen LogP contribution in [0.1, 0.15) is 31.1 Å². The van der Waals surface area contributed by atoms with Crippen molar-refractivity contribution < 1.29 is 4.79 Å². The molecule has 20 heavy (non-hydrogen) atoms. The van der Waals surface area contributed by atoms with Crippen LogP contribution in [-0.2, 0) is 0 Å². The minimum atomic E-state index is -0.103. The maximum absolute atomic E-state index is 12.0. The van der Waals surface area contributed by atoms with Crippen LogP contribution in [-0.4, -0.2) is 36.6 Å². The summed E-state index contributed by atoms with van der Waals surface area (Å²) in [6.45, 7) is 6.63. The second-order valence-corrected chi connectivity index (χ2v) is 4.60. The summed E-state index contributed by atoms with van der Waals surface area (Å²) in [7, 11) is 1.87. The van der Waals surface area contributed by atoms with Gasteiger partial charge in [0.05, 0.1) is 5.56 Å². The van der Waals surface area contributed by atoms with Gasteiger partial charge in [0, 0.05) is 24.8 Å². The highest BCUT2D eigenvalue weighted by Gasteiger charge is 2.13. The number of halogens is 2. The van der Waals surface area contributed by atoms with E-state index in [1.807, 2.05) is 27.8 Å². The summed E-state index contributed by atoms with van der Waals surface area (Å²) in [6.07, 6.45) is 1.68. The fraction of sp³-hybridized carbons (Fsp3) is 0.538. The molecule has 0 radical (unpaired) electrons. The predicted octanol–water partition coefficient (Wildman–Crippen LogP) is 2.08. The fourth-order valence-corrected chi connectivity index (χ4v) is 1.42. The van der Waals surface area contributed by atoms with Gasteiger partial charge in [-0.2, -0.15) is 0 Å². The van der Waals surface area contributed by atoms with E-state index in [9.17, 15) is 4.79 Å². The fourth-order valence-electron chi connectivity index (χ4n) is 1.42. The summed E-state index contributed by atoms with van der Waals surface area (Å²) >= 11 is 0. The number of rotatable bonds is 6. The molecule has 1 aromatic heterocycles. The average molecular weight is 323 g/mol. The van der Waals surface area contributed by atoms with Gasteiger partial charge in [0.15, 0.2) is 0 Å². The van der Waals surface area contributed by atoms with Gasteiger partial charge in [-0.1, -0.05) is 0 Å². The van der Waals surface area contributed by atoms with Crippen molar-refractivity contribution in [1.82, 2.24) is 15.6 Å². The van der Waals surface area contributed by atoms with Crippen molar-refractivity contribution in [2.45, 2.75) is 32.9 Å². The molecule has 1 atom stereocenters. The van der Waals surface area contributed by atoms with Gasteiger partial charge in [-0.3, -0.25) is 4.79 Å². The highest BCUT2D eigenvalue weighted by Crippen LogP contribution is 2.12. The summed E-state index contributed by atoms with van der Waals surface area (Å²) in [5.74, 6) is 0.524. The standard InChI is InChI=1S/C13H22N4O.2ClH/c1-9(2)17-12-11(6-5-7-15-12)13(18)16-8-10(3)14-4;;/h5-7,9-10,14H,8H2,1-4H3,(H,15,17)(H,16,18);2*1H. The summed E-state index contributed by atoms with van der Waals surface area (Å²) in [5.41, 5.74) is 0.578. The first kappa shape index (κ1) is 21.3. The molecular weight excluding hydrogens is 299 g/mol. The molecule has 3 N–H and O–H groups in total. The normalized spacial score (nSPS) is 11.1. The van der Waals surface area contributed by atoms with E-state index in [2.05, 4.69) is 20.9 Å². The number of carbonyl (C=O) groups is 1. The topological polar surface area (TPSA) is 66.0 Å². The van der Waals surface area contributed by atoms with Crippen LogP contribution in [0, 0.1) is 0 Å². The van der Waals surface area contributed by atoms with E-state index >= 15 is 0 Å². The van der Waals surface area contributed by atoms with Crippen molar-refractivity contribution in [1.29, 1.82) is 0 Å². The molecule has 1 amide bonds. The van der Waals surface area contributed by atoms with E-state index in [4.69, 9.17) is 0 Å². The van der Waals surface area contributed by atoms with Crippen molar-refractivity contribution in [3.8, 4) is 0 Å². The van der Waals surface area contributed by atoms with E-state index in [1.165, 1.54) is 0 Å². The molecule has 0 fully saturated rings. The van der Waals surface area contributed by atoms with Crippen LogP contribution in [0.25, 0.3) is 0 Å². The molecule has 0 saturated carbocycles. The lowest BCUT2D eigenvalue weighted by atomic mass is 10.2. The molecule has 1 heterocycles. The number of pyridine rings is 1. The largest absolute Gasteiger partial charge is 0.367 e. The van der Waals surface area contributed by atoms with Gasteiger partial charge < -0.3 is 16.0 Å². The van der Waals surface area contributed by atoms with Crippen LogP contribution in [0.2, 0.25) is 0 Å². The summed E-state index contributed by atoms with van der Waals surface area (Å²) in [4.78, 5) is 16.2. The Labute approximate surface area is 133 Å². The first-order chi connectivity index (χ1) is 8.54. The quantitative estimate of drug-likeness (QED) is 0.750. The van der Waals surface area contributed by atoms with Crippen molar-refractivity contribution in [3.63, 3.8) is 0 Å². The number of amides is 1. The lowest BCUT2D eigenvalue weighted by molar-refractivity contribution is 0.0951. The van der Waals surface area contributed by atoms with Crippen molar-refractivity contribution >= 4 is 36.5 Å². The molecule has 1 rings (SSSR count). The first-order valence-corrected chi connectivity index (χ1v) is 6.21. The number of aromatic nitrogens is 1. The molecule has 0 bridgehead atoms. The second kappa shape index (κ2) is 10.7. The molecule has 7 heteroatoms. The Balaban J connectivity index is 0. The molecule has 0 spiro atoms. The third-order valence-corrected chi connectivity index (χ3v) is 2.54. The summed E-state index contributed by atoms with van der Waals surface area (Å²) in [5, 5.41) is 9.12. The Hall–Kier alpha value is -1.04. The molecule has 5 nitrogen and oxygen atoms in total. The Bertz CT molecular complexity index is 402. The molecule has 0 aromatic carbocycles. The van der Waals surface area contributed by atoms with Crippen LogP contribution in [0.5, 0.6) is 0 Å². The highest BCUT2D eigenvalue weighted by molar-refractivity contribution is 5.98. The third-order valence-electron chi connectivity index (χ3n) is 2.54. The van der Waals surface area contributed by atoms with Gasteiger partial charge in [-0.25, -0.2) is 4.98 Å². The zero-order chi connectivity index (χ0) is 13.5. The van der Waals surface area contributed by atoms with Gasteiger partial charge in [-0.15, -0.1) is 24.8 Å². The molecule has 1 aromatic rings. The third kappa shape index (κ3) is 6.93. The SMILES string of the molecule is CNC(C)CNC(=O)c1cccnc1NC(C)C.Cl.Cl. The highest BCUT2D eigenvalue weighted by atomic mass is 35.5. The van der Waals surface area contributed by atoms with Crippen LogP contribution >= 0.6 is 24.8 Å². The first-order valence-electron chi connectivity index (χ1n) is 6.21. The number of likely N-dealkylation sites (N-methyl/N-ethyl adjacent to an activating group) is 1.